The zero-order chi connectivity index (χ0) is 13.7. The second-order valence-electron chi connectivity index (χ2n) is 3.57. The molecule has 0 radical (unpaired) electrons. The Balaban J connectivity index is 2.17. The van der Waals surface area contributed by atoms with Crippen LogP contribution in [-0.4, -0.2) is 16.1 Å². The normalized spacial score (nSPS) is 10.6. The van der Waals surface area contributed by atoms with Crippen LogP contribution < -0.4 is 5.43 Å². The van der Waals surface area contributed by atoms with E-state index in [4.69, 9.17) is 11.6 Å². The van der Waals surface area contributed by atoms with Gasteiger partial charge in [0.25, 0.3) is 5.69 Å². The maximum absolute atomic E-state index is 10.8. The van der Waals surface area contributed by atoms with Gasteiger partial charge < -0.3 is 0 Å². The summed E-state index contributed by atoms with van der Waals surface area (Å²) in [5, 5.41) is 15.2. The Labute approximate surface area is 113 Å². The Morgan fingerprint density at radius 3 is 2.74 bits per heavy atom. The summed E-state index contributed by atoms with van der Waals surface area (Å²) in [5.74, 6) is 0. The molecule has 0 aliphatic rings. The third kappa shape index (κ3) is 3.49. The van der Waals surface area contributed by atoms with Crippen LogP contribution in [0.5, 0.6) is 0 Å². The third-order valence-corrected chi connectivity index (χ3v) is 2.50. The number of hydrogen-bond donors (Lipinski definition) is 1. The van der Waals surface area contributed by atoms with Gasteiger partial charge in [0.05, 0.1) is 11.1 Å². The average molecular weight is 277 g/mol. The fraction of sp³-hybridized carbons (Fsp3) is 0. The van der Waals surface area contributed by atoms with E-state index in [2.05, 4.69) is 15.5 Å². The Hall–Kier alpha value is -2.47. The van der Waals surface area contributed by atoms with E-state index in [1.54, 1.807) is 24.5 Å². The number of nitrogens with zero attached hydrogens (tertiary/aromatic N) is 3. The van der Waals surface area contributed by atoms with Gasteiger partial charge in [-0.05, 0) is 29.8 Å². The van der Waals surface area contributed by atoms with Crippen LogP contribution in [-0.2, 0) is 0 Å². The van der Waals surface area contributed by atoms with E-state index < -0.39 is 4.92 Å². The van der Waals surface area contributed by atoms with Crippen molar-refractivity contribution in [1.29, 1.82) is 0 Å². The van der Waals surface area contributed by atoms with Gasteiger partial charge in [-0.2, -0.15) is 5.10 Å². The van der Waals surface area contributed by atoms with Gasteiger partial charge in [-0.3, -0.25) is 20.5 Å². The van der Waals surface area contributed by atoms with Crippen molar-refractivity contribution in [2.45, 2.75) is 0 Å². The van der Waals surface area contributed by atoms with Crippen LogP contribution in [0.4, 0.5) is 11.4 Å². The first-order valence-electron chi connectivity index (χ1n) is 5.30. The minimum Gasteiger partial charge on any atom is -0.272 e. The number of halogens is 1. The molecule has 2 rings (SSSR count). The molecule has 0 amide bonds. The second kappa shape index (κ2) is 5.92. The first-order valence-corrected chi connectivity index (χ1v) is 5.67. The lowest BCUT2D eigenvalue weighted by molar-refractivity contribution is -0.384. The van der Waals surface area contributed by atoms with Gasteiger partial charge in [0.2, 0.25) is 0 Å². The van der Waals surface area contributed by atoms with E-state index >= 15 is 0 Å². The van der Waals surface area contributed by atoms with Crippen LogP contribution in [0, 0.1) is 10.1 Å². The highest BCUT2D eigenvalue weighted by molar-refractivity contribution is 6.31. The fourth-order valence-corrected chi connectivity index (χ4v) is 1.55. The molecule has 0 bridgehead atoms. The van der Waals surface area contributed by atoms with E-state index in [1.807, 2.05) is 0 Å². The lowest BCUT2D eigenvalue weighted by Gasteiger charge is -2.02. The van der Waals surface area contributed by atoms with Crippen LogP contribution in [0.2, 0.25) is 5.02 Å². The Bertz CT molecular complexity index is 616. The van der Waals surface area contributed by atoms with Crippen LogP contribution in [0.3, 0.4) is 0 Å². The summed E-state index contributed by atoms with van der Waals surface area (Å²) in [6.07, 6.45) is 4.79. The van der Waals surface area contributed by atoms with E-state index in [0.29, 0.717) is 5.02 Å². The molecular formula is C12H9ClN4O2. The topological polar surface area (TPSA) is 80.4 Å². The largest absolute Gasteiger partial charge is 0.294 e. The zero-order valence-electron chi connectivity index (χ0n) is 9.65. The second-order valence-corrected chi connectivity index (χ2v) is 4.01. The quantitative estimate of drug-likeness (QED) is 0.528. The molecule has 0 aliphatic carbocycles. The molecule has 1 N–H and O–H groups in total. The van der Waals surface area contributed by atoms with Gasteiger partial charge in [0.1, 0.15) is 5.69 Å². The molecule has 0 unspecified atom stereocenters. The summed E-state index contributed by atoms with van der Waals surface area (Å²) in [5.41, 5.74) is 3.58. The molecule has 0 spiro atoms. The Kier molecular flexibility index (Phi) is 4.04. The predicted octanol–water partition coefficient (Wildman–Crippen LogP) is 3.09. The molecule has 2 aromatic rings. The van der Waals surface area contributed by atoms with E-state index in [0.717, 1.165) is 5.56 Å². The highest BCUT2D eigenvalue weighted by atomic mass is 35.5. The first kappa shape index (κ1) is 13.0. The molecule has 0 fully saturated rings. The maximum Gasteiger partial charge on any atom is 0.294 e. The van der Waals surface area contributed by atoms with Crippen LogP contribution in [0.1, 0.15) is 5.56 Å². The number of rotatable bonds is 4. The van der Waals surface area contributed by atoms with Crippen molar-refractivity contribution in [3.05, 3.63) is 63.4 Å². The van der Waals surface area contributed by atoms with Crippen molar-refractivity contribution in [1.82, 2.24) is 4.98 Å². The SMILES string of the molecule is O=[N+]([O-])c1ccc(Cl)cc1N/N=C\c1ccncc1. The Morgan fingerprint density at radius 1 is 1.32 bits per heavy atom. The molecule has 1 aromatic carbocycles. The molecule has 7 heteroatoms. The molecule has 1 aromatic heterocycles. The first-order chi connectivity index (χ1) is 9.16. The van der Waals surface area contributed by atoms with Crippen molar-refractivity contribution in [2.24, 2.45) is 5.10 Å². The standard InChI is InChI=1S/C12H9ClN4O2/c13-10-1-2-12(17(18)19)11(7-10)16-15-8-9-3-5-14-6-4-9/h1-8,16H/b15-8-. The number of aromatic nitrogens is 1. The van der Waals surface area contributed by atoms with Gasteiger partial charge in [-0.1, -0.05) is 11.6 Å². The zero-order valence-corrected chi connectivity index (χ0v) is 10.4. The molecule has 0 saturated heterocycles. The number of hydrogen-bond acceptors (Lipinski definition) is 5. The van der Waals surface area contributed by atoms with Crippen molar-refractivity contribution >= 4 is 29.2 Å². The number of nitro benzene ring substituents is 1. The van der Waals surface area contributed by atoms with Crippen molar-refractivity contribution in [3.8, 4) is 0 Å². The molecule has 96 valence electrons. The number of nitrogens with one attached hydrogen (secondary N) is 1. The number of hydrazone groups is 1. The van der Waals surface area contributed by atoms with E-state index in [9.17, 15) is 10.1 Å². The van der Waals surface area contributed by atoms with Crippen LogP contribution in [0.25, 0.3) is 0 Å². The van der Waals surface area contributed by atoms with Gasteiger partial charge in [-0.25, -0.2) is 0 Å². The lowest BCUT2D eigenvalue weighted by Crippen LogP contribution is -1.96. The minimum atomic E-state index is -0.499. The minimum absolute atomic E-state index is 0.0868. The van der Waals surface area contributed by atoms with Gasteiger partial charge in [-0.15, -0.1) is 0 Å². The molecule has 0 aliphatic heterocycles. The van der Waals surface area contributed by atoms with E-state index in [1.165, 1.54) is 24.4 Å². The third-order valence-electron chi connectivity index (χ3n) is 2.26. The molecule has 0 atom stereocenters. The predicted molar refractivity (Wildman–Crippen MR) is 73.6 cm³/mol. The summed E-state index contributed by atoms with van der Waals surface area (Å²) >= 11 is 5.79. The molecule has 0 saturated carbocycles. The highest BCUT2D eigenvalue weighted by Gasteiger charge is 2.12. The van der Waals surface area contributed by atoms with Crippen molar-refractivity contribution in [3.63, 3.8) is 0 Å². The van der Waals surface area contributed by atoms with Crippen LogP contribution >= 0.6 is 11.6 Å². The van der Waals surface area contributed by atoms with Gasteiger partial charge >= 0.3 is 0 Å². The monoisotopic (exact) mass is 276 g/mol. The smallest absolute Gasteiger partial charge is 0.272 e. The fourth-order valence-electron chi connectivity index (χ4n) is 1.38. The van der Waals surface area contributed by atoms with Crippen molar-refractivity contribution in [2.75, 3.05) is 5.43 Å². The summed E-state index contributed by atoms with van der Waals surface area (Å²) in [6, 6.07) is 7.75. The molecule has 19 heavy (non-hydrogen) atoms. The summed E-state index contributed by atoms with van der Waals surface area (Å²) in [4.78, 5) is 14.2. The summed E-state index contributed by atoms with van der Waals surface area (Å²) in [6.45, 7) is 0. The molecular weight excluding hydrogens is 268 g/mol. The Morgan fingerprint density at radius 2 is 2.05 bits per heavy atom. The molecule has 1 heterocycles. The number of benzene rings is 1. The lowest BCUT2D eigenvalue weighted by atomic mass is 10.3. The summed E-state index contributed by atoms with van der Waals surface area (Å²) < 4.78 is 0. The summed E-state index contributed by atoms with van der Waals surface area (Å²) in [7, 11) is 0. The average Bonchev–Trinajstić information content (AvgIpc) is 2.39. The van der Waals surface area contributed by atoms with Crippen molar-refractivity contribution < 1.29 is 4.92 Å². The highest BCUT2D eigenvalue weighted by Crippen LogP contribution is 2.27. The number of nitro groups is 1. The molecule has 6 nitrogen and oxygen atoms in total. The van der Waals surface area contributed by atoms with E-state index in [-0.39, 0.29) is 11.4 Å². The van der Waals surface area contributed by atoms with Gasteiger partial charge in [0.15, 0.2) is 0 Å². The number of pyridine rings is 1. The number of anilines is 1. The van der Waals surface area contributed by atoms with Gasteiger partial charge in [0, 0.05) is 23.5 Å². The van der Waals surface area contributed by atoms with Crippen LogP contribution in [0.15, 0.2) is 47.8 Å². The maximum atomic E-state index is 10.8.